The van der Waals surface area contributed by atoms with Crippen LogP contribution in [-0.2, 0) is 9.53 Å². The lowest BCUT2D eigenvalue weighted by molar-refractivity contribution is -0.140. The van der Waals surface area contributed by atoms with Gasteiger partial charge in [-0.2, -0.15) is 0 Å². The van der Waals surface area contributed by atoms with Crippen LogP contribution >= 0.6 is 28.1 Å². The number of pyridine rings is 1. The zero-order chi connectivity index (χ0) is 23.5. The van der Waals surface area contributed by atoms with Gasteiger partial charge in [0.05, 0.1) is 30.6 Å². The van der Waals surface area contributed by atoms with Gasteiger partial charge in [0.1, 0.15) is 0 Å². The van der Waals surface area contributed by atoms with Crippen molar-refractivity contribution in [3.05, 3.63) is 81.8 Å². The first-order valence-electron chi connectivity index (χ1n) is 10.9. The summed E-state index contributed by atoms with van der Waals surface area (Å²) in [6.45, 7) is 4.91. The van der Waals surface area contributed by atoms with Gasteiger partial charge in [0, 0.05) is 35.0 Å². The first kappa shape index (κ1) is 23.4. The maximum atomic E-state index is 11.7. The fourth-order valence-electron chi connectivity index (χ4n) is 4.57. The number of benzene rings is 1. The minimum absolute atomic E-state index is 0.0486. The summed E-state index contributed by atoms with van der Waals surface area (Å²) in [6, 6.07) is 16.2. The maximum Gasteiger partial charge on any atom is 0.305 e. The molecule has 0 spiro atoms. The van der Waals surface area contributed by atoms with Crippen LogP contribution in [0.4, 0.5) is 0 Å². The highest BCUT2D eigenvalue weighted by Crippen LogP contribution is 2.42. The molecule has 0 bridgehead atoms. The SMILES string of the molecule is COC(=O)CCCN1C(=S)N[C@H](c2ccccn2)[C@@H]1c1cc(C)n(-c2ccccc2Br)c1C. The van der Waals surface area contributed by atoms with Crippen molar-refractivity contribution in [1.29, 1.82) is 0 Å². The number of rotatable bonds is 7. The molecular formula is C25H27BrN4O2S. The molecule has 6 nitrogen and oxygen atoms in total. The number of aromatic nitrogens is 2. The van der Waals surface area contributed by atoms with Crippen molar-refractivity contribution in [3.63, 3.8) is 0 Å². The molecule has 33 heavy (non-hydrogen) atoms. The highest BCUT2D eigenvalue weighted by atomic mass is 79.9. The van der Waals surface area contributed by atoms with Gasteiger partial charge in [-0.15, -0.1) is 0 Å². The Labute approximate surface area is 208 Å². The van der Waals surface area contributed by atoms with Crippen molar-refractivity contribution < 1.29 is 9.53 Å². The van der Waals surface area contributed by atoms with Crippen molar-refractivity contribution in [2.24, 2.45) is 0 Å². The van der Waals surface area contributed by atoms with E-state index in [1.54, 1.807) is 6.20 Å². The molecule has 8 heteroatoms. The van der Waals surface area contributed by atoms with Gasteiger partial charge in [0.15, 0.2) is 5.11 Å². The Bertz CT molecular complexity index is 1160. The first-order chi connectivity index (χ1) is 15.9. The molecule has 0 radical (unpaired) electrons. The van der Waals surface area contributed by atoms with Crippen molar-refractivity contribution in [2.45, 2.75) is 38.8 Å². The van der Waals surface area contributed by atoms with E-state index in [1.807, 2.05) is 30.3 Å². The van der Waals surface area contributed by atoms with E-state index in [4.69, 9.17) is 17.0 Å². The highest BCUT2D eigenvalue weighted by molar-refractivity contribution is 9.10. The summed E-state index contributed by atoms with van der Waals surface area (Å²) in [7, 11) is 1.42. The number of nitrogens with zero attached hydrogens (tertiary/aromatic N) is 3. The predicted molar refractivity (Wildman–Crippen MR) is 136 cm³/mol. The largest absolute Gasteiger partial charge is 0.469 e. The molecule has 0 aliphatic carbocycles. The Hall–Kier alpha value is -2.71. The zero-order valence-electron chi connectivity index (χ0n) is 18.9. The lowest BCUT2D eigenvalue weighted by Crippen LogP contribution is -2.31. The standard InChI is InChI=1S/C25H27BrN4O2S/c1-16-15-18(17(2)30(16)21-11-5-4-9-19(21)26)24-23(20-10-6-7-13-27-20)28-25(33)29(24)14-8-12-22(31)32-3/h4-7,9-11,13,15,23-24H,8,12,14H2,1-3H3,(H,28,33)/t23-,24+/m1/s1. The number of ether oxygens (including phenoxy) is 1. The number of aryl methyl sites for hydroxylation is 1. The van der Waals surface area contributed by atoms with Gasteiger partial charge < -0.3 is 19.5 Å². The minimum Gasteiger partial charge on any atom is -0.469 e. The van der Waals surface area contributed by atoms with Crippen LogP contribution in [0.5, 0.6) is 0 Å². The molecule has 3 aromatic rings. The van der Waals surface area contributed by atoms with E-state index < -0.39 is 0 Å². The van der Waals surface area contributed by atoms with E-state index in [2.05, 4.69) is 67.7 Å². The monoisotopic (exact) mass is 526 g/mol. The second kappa shape index (κ2) is 10.1. The maximum absolute atomic E-state index is 11.7. The second-order valence-corrected chi connectivity index (χ2v) is 9.35. The number of hydrogen-bond acceptors (Lipinski definition) is 4. The predicted octanol–water partition coefficient (Wildman–Crippen LogP) is 5.18. The van der Waals surface area contributed by atoms with Crippen molar-refractivity contribution in [1.82, 2.24) is 19.8 Å². The summed E-state index contributed by atoms with van der Waals surface area (Å²) in [4.78, 5) is 18.5. The summed E-state index contributed by atoms with van der Waals surface area (Å²) >= 11 is 9.46. The number of carbonyl (C=O) groups is 1. The van der Waals surface area contributed by atoms with Crippen LogP contribution in [0.25, 0.3) is 5.69 Å². The molecule has 0 saturated carbocycles. The van der Waals surface area contributed by atoms with Crippen LogP contribution in [0.2, 0.25) is 0 Å². The Balaban J connectivity index is 1.76. The number of para-hydroxylation sites is 1. The average molecular weight is 527 g/mol. The third kappa shape index (κ3) is 4.68. The quantitative estimate of drug-likeness (QED) is 0.338. The smallest absolute Gasteiger partial charge is 0.305 e. The van der Waals surface area contributed by atoms with Crippen LogP contribution < -0.4 is 5.32 Å². The van der Waals surface area contributed by atoms with E-state index in [9.17, 15) is 4.79 Å². The van der Waals surface area contributed by atoms with Crippen LogP contribution in [0.15, 0.2) is 59.2 Å². The zero-order valence-corrected chi connectivity index (χ0v) is 21.3. The summed E-state index contributed by atoms with van der Waals surface area (Å²) in [5.74, 6) is -0.210. The number of nitrogens with one attached hydrogen (secondary N) is 1. The van der Waals surface area contributed by atoms with Gasteiger partial charge >= 0.3 is 5.97 Å². The average Bonchev–Trinajstić information content (AvgIpc) is 3.30. The summed E-state index contributed by atoms with van der Waals surface area (Å²) in [5, 5.41) is 4.16. The number of carbonyl (C=O) groups excluding carboxylic acids is 1. The fraction of sp³-hybridized carbons (Fsp3) is 0.320. The molecule has 0 unspecified atom stereocenters. The van der Waals surface area contributed by atoms with E-state index >= 15 is 0 Å². The van der Waals surface area contributed by atoms with Gasteiger partial charge in [-0.1, -0.05) is 18.2 Å². The lowest BCUT2D eigenvalue weighted by atomic mass is 9.96. The van der Waals surface area contributed by atoms with Crippen LogP contribution in [-0.4, -0.2) is 39.2 Å². The van der Waals surface area contributed by atoms with Crippen LogP contribution in [0.1, 0.15) is 47.6 Å². The fourth-order valence-corrected chi connectivity index (χ4v) is 5.37. The van der Waals surface area contributed by atoms with E-state index in [1.165, 1.54) is 12.7 Å². The van der Waals surface area contributed by atoms with Gasteiger partial charge in [0.25, 0.3) is 0 Å². The van der Waals surface area contributed by atoms with E-state index in [0.29, 0.717) is 24.5 Å². The molecular weight excluding hydrogens is 500 g/mol. The van der Waals surface area contributed by atoms with Crippen LogP contribution in [0.3, 0.4) is 0 Å². The molecule has 1 fully saturated rings. The lowest BCUT2D eigenvalue weighted by Gasteiger charge is -2.28. The normalized spacial score (nSPS) is 17.8. The number of halogens is 1. The molecule has 2 aromatic heterocycles. The number of esters is 1. The molecule has 1 aliphatic heterocycles. The highest BCUT2D eigenvalue weighted by Gasteiger charge is 2.41. The molecule has 1 aliphatic rings. The number of thiocarbonyl (C=S) groups is 1. The Morgan fingerprint density at radius 1 is 1.21 bits per heavy atom. The van der Waals surface area contributed by atoms with Gasteiger partial charge in [-0.05, 0) is 84.3 Å². The van der Waals surface area contributed by atoms with E-state index in [0.717, 1.165) is 27.2 Å². The minimum atomic E-state index is -0.210. The molecule has 3 heterocycles. The van der Waals surface area contributed by atoms with Crippen LogP contribution in [0, 0.1) is 13.8 Å². The van der Waals surface area contributed by atoms with Crippen molar-refractivity contribution in [3.8, 4) is 5.69 Å². The van der Waals surface area contributed by atoms with Gasteiger partial charge in [-0.3, -0.25) is 9.78 Å². The summed E-state index contributed by atoms with van der Waals surface area (Å²) in [6.07, 6.45) is 2.82. The molecule has 2 atom stereocenters. The molecule has 4 rings (SSSR count). The van der Waals surface area contributed by atoms with E-state index in [-0.39, 0.29) is 18.1 Å². The topological polar surface area (TPSA) is 59.4 Å². The van der Waals surface area contributed by atoms with Crippen molar-refractivity contribution >= 4 is 39.2 Å². The first-order valence-corrected chi connectivity index (χ1v) is 12.1. The third-order valence-electron chi connectivity index (χ3n) is 6.09. The Kier molecular flexibility index (Phi) is 7.14. The summed E-state index contributed by atoms with van der Waals surface area (Å²) < 4.78 is 8.12. The van der Waals surface area contributed by atoms with Gasteiger partial charge in [-0.25, -0.2) is 0 Å². The summed E-state index contributed by atoms with van der Waals surface area (Å²) in [5.41, 5.74) is 5.51. The molecule has 1 aromatic carbocycles. The molecule has 172 valence electrons. The third-order valence-corrected chi connectivity index (χ3v) is 7.11. The molecule has 1 saturated heterocycles. The second-order valence-electron chi connectivity index (χ2n) is 8.11. The molecule has 1 N–H and O–H groups in total. The Morgan fingerprint density at radius 3 is 2.67 bits per heavy atom. The molecule has 0 amide bonds. The van der Waals surface area contributed by atoms with Crippen molar-refractivity contribution in [2.75, 3.05) is 13.7 Å². The van der Waals surface area contributed by atoms with Gasteiger partial charge in [0.2, 0.25) is 0 Å². The Morgan fingerprint density at radius 2 is 1.97 bits per heavy atom. The number of hydrogen-bond donors (Lipinski definition) is 1. The number of methoxy groups -OCH3 is 1.